The Kier molecular flexibility index (Phi) is 4.09. The second-order valence-electron chi connectivity index (χ2n) is 6.78. The van der Waals surface area contributed by atoms with E-state index in [1.807, 2.05) is 0 Å². The lowest BCUT2D eigenvalue weighted by Crippen LogP contribution is -2.35. The third-order valence-electron chi connectivity index (χ3n) is 3.92. The summed E-state index contributed by atoms with van der Waals surface area (Å²) in [6.07, 6.45) is 3.64. The highest BCUT2D eigenvalue weighted by Gasteiger charge is 2.24. The smallest absolute Gasteiger partial charge is 0.131 e. The van der Waals surface area contributed by atoms with E-state index in [-0.39, 0.29) is 5.54 Å². The van der Waals surface area contributed by atoms with Gasteiger partial charge in [-0.3, -0.25) is 0 Å². The zero-order valence-electron chi connectivity index (χ0n) is 13.0. The number of nitrogens with zero attached hydrogens (tertiary/aromatic N) is 2. The Morgan fingerprint density at radius 1 is 1.24 bits per heavy atom. The molecule has 1 aromatic heterocycles. The summed E-state index contributed by atoms with van der Waals surface area (Å²) in [5.41, 5.74) is 3.05. The van der Waals surface area contributed by atoms with Crippen molar-refractivity contribution < 1.29 is 0 Å². The molecule has 1 aliphatic carbocycles. The van der Waals surface area contributed by atoms with Crippen LogP contribution in [0.15, 0.2) is 24.3 Å². The number of fused-ring (bicyclic) bond motifs is 1. The molecule has 1 N–H and O–H groups in total. The monoisotopic (exact) mass is 301 g/mol. The Morgan fingerprint density at radius 2 is 2.05 bits per heavy atom. The van der Waals surface area contributed by atoms with E-state index in [0.29, 0.717) is 5.92 Å². The minimum atomic E-state index is 0.114. The molecule has 0 fully saturated rings. The van der Waals surface area contributed by atoms with Gasteiger partial charge in [-0.1, -0.05) is 35.6 Å². The summed E-state index contributed by atoms with van der Waals surface area (Å²) in [5, 5.41) is 14.6. The molecule has 0 amide bonds. The van der Waals surface area contributed by atoms with E-state index in [1.165, 1.54) is 35.4 Å². The zero-order valence-corrected chi connectivity index (χ0v) is 13.8. The van der Waals surface area contributed by atoms with Gasteiger partial charge < -0.3 is 5.32 Å². The Balaban J connectivity index is 1.78. The van der Waals surface area contributed by atoms with E-state index in [4.69, 9.17) is 0 Å². The molecule has 0 saturated heterocycles. The largest absolute Gasteiger partial charge is 0.306 e. The van der Waals surface area contributed by atoms with Crippen LogP contribution in [0.25, 0.3) is 0 Å². The average Bonchev–Trinajstić information content (AvgIpc) is 2.92. The van der Waals surface area contributed by atoms with E-state index in [0.717, 1.165) is 11.6 Å². The van der Waals surface area contributed by atoms with Crippen molar-refractivity contribution in [3.05, 3.63) is 45.4 Å². The van der Waals surface area contributed by atoms with Gasteiger partial charge in [-0.2, -0.15) is 0 Å². The first-order valence-electron chi connectivity index (χ1n) is 7.68. The minimum absolute atomic E-state index is 0.114. The predicted octanol–water partition coefficient (Wildman–Crippen LogP) is 3.89. The molecule has 1 unspecified atom stereocenters. The third-order valence-corrected chi connectivity index (χ3v) is 4.96. The third kappa shape index (κ3) is 3.50. The Morgan fingerprint density at radius 3 is 2.86 bits per heavy atom. The van der Waals surface area contributed by atoms with Crippen molar-refractivity contribution in [1.82, 2.24) is 15.5 Å². The summed E-state index contributed by atoms with van der Waals surface area (Å²) in [7, 11) is 0. The highest BCUT2D eigenvalue weighted by atomic mass is 32.1. The van der Waals surface area contributed by atoms with Gasteiger partial charge in [0.25, 0.3) is 0 Å². The van der Waals surface area contributed by atoms with Gasteiger partial charge in [-0.05, 0) is 51.2 Å². The fraction of sp³-hybridized carbons (Fsp3) is 0.529. The van der Waals surface area contributed by atoms with Crippen molar-refractivity contribution >= 4 is 11.3 Å². The van der Waals surface area contributed by atoms with Gasteiger partial charge in [0.2, 0.25) is 0 Å². The van der Waals surface area contributed by atoms with Crippen LogP contribution < -0.4 is 5.32 Å². The van der Waals surface area contributed by atoms with Gasteiger partial charge in [-0.15, -0.1) is 10.2 Å². The highest BCUT2D eigenvalue weighted by molar-refractivity contribution is 7.11. The van der Waals surface area contributed by atoms with Crippen LogP contribution in [0.4, 0.5) is 0 Å². The van der Waals surface area contributed by atoms with Crippen LogP contribution in [0.5, 0.6) is 0 Å². The molecule has 0 aliphatic heterocycles. The molecule has 112 valence electrons. The van der Waals surface area contributed by atoms with E-state index >= 15 is 0 Å². The maximum atomic E-state index is 4.47. The Labute approximate surface area is 130 Å². The topological polar surface area (TPSA) is 37.8 Å². The van der Waals surface area contributed by atoms with Crippen LogP contribution in [-0.2, 0) is 13.0 Å². The summed E-state index contributed by atoms with van der Waals surface area (Å²) >= 11 is 1.76. The molecule has 1 atom stereocenters. The van der Waals surface area contributed by atoms with Crippen molar-refractivity contribution in [3.63, 3.8) is 0 Å². The molecule has 0 radical (unpaired) electrons. The average molecular weight is 301 g/mol. The second kappa shape index (κ2) is 5.85. The van der Waals surface area contributed by atoms with Gasteiger partial charge in [-0.25, -0.2) is 0 Å². The predicted molar refractivity (Wildman–Crippen MR) is 87.7 cm³/mol. The van der Waals surface area contributed by atoms with Crippen LogP contribution in [0.3, 0.4) is 0 Å². The van der Waals surface area contributed by atoms with Crippen LogP contribution in [0.1, 0.15) is 60.7 Å². The number of benzene rings is 1. The van der Waals surface area contributed by atoms with Crippen LogP contribution in [0.2, 0.25) is 0 Å². The first-order valence-corrected chi connectivity index (χ1v) is 8.50. The molecule has 3 nitrogen and oxygen atoms in total. The van der Waals surface area contributed by atoms with Crippen LogP contribution >= 0.6 is 11.3 Å². The quantitative estimate of drug-likeness (QED) is 0.934. The van der Waals surface area contributed by atoms with Gasteiger partial charge >= 0.3 is 0 Å². The van der Waals surface area contributed by atoms with Crippen molar-refractivity contribution in [2.45, 2.75) is 58.0 Å². The van der Waals surface area contributed by atoms with Crippen molar-refractivity contribution in [3.8, 4) is 0 Å². The summed E-state index contributed by atoms with van der Waals surface area (Å²) in [5.74, 6) is 0.441. The van der Waals surface area contributed by atoms with E-state index < -0.39 is 0 Å². The Bertz CT molecular complexity index is 612. The Hall–Kier alpha value is -1.26. The fourth-order valence-electron chi connectivity index (χ4n) is 2.83. The molecule has 1 heterocycles. The molecular weight excluding hydrogens is 278 g/mol. The zero-order chi connectivity index (χ0) is 14.9. The molecule has 1 aliphatic rings. The van der Waals surface area contributed by atoms with E-state index in [2.05, 4.69) is 60.6 Å². The van der Waals surface area contributed by atoms with Gasteiger partial charge in [0.05, 0.1) is 6.54 Å². The summed E-state index contributed by atoms with van der Waals surface area (Å²) in [6, 6.07) is 8.79. The van der Waals surface area contributed by atoms with Crippen LogP contribution in [-0.4, -0.2) is 15.7 Å². The number of rotatable bonds is 3. The lowest BCUT2D eigenvalue weighted by molar-refractivity contribution is 0.423. The molecule has 2 aromatic rings. The normalized spacial score (nSPS) is 18.5. The van der Waals surface area contributed by atoms with Crippen molar-refractivity contribution in [2.75, 3.05) is 0 Å². The number of aromatic nitrogens is 2. The van der Waals surface area contributed by atoms with Crippen molar-refractivity contribution in [1.29, 1.82) is 0 Å². The second-order valence-corrected chi connectivity index (χ2v) is 7.87. The van der Waals surface area contributed by atoms with Crippen molar-refractivity contribution in [2.24, 2.45) is 0 Å². The summed E-state index contributed by atoms with van der Waals surface area (Å²) < 4.78 is 0. The standard InChI is InChI=1S/C17H23N3S/c1-17(2,3)18-11-15-19-20-16(21-15)14-10-6-8-12-7-4-5-9-13(12)14/h4-5,7,9,14,18H,6,8,10-11H2,1-3H3. The maximum Gasteiger partial charge on any atom is 0.131 e. The van der Waals surface area contributed by atoms with E-state index in [9.17, 15) is 0 Å². The first kappa shape index (κ1) is 14.7. The fourth-order valence-corrected chi connectivity index (χ4v) is 3.77. The lowest BCUT2D eigenvalue weighted by atomic mass is 9.83. The molecular formula is C17H23N3S. The van der Waals surface area contributed by atoms with E-state index in [1.54, 1.807) is 11.3 Å². The molecule has 21 heavy (non-hydrogen) atoms. The SMILES string of the molecule is CC(C)(C)NCc1nnc(C2CCCc3ccccc32)s1. The van der Waals surface area contributed by atoms with Gasteiger partial charge in [0.15, 0.2) is 0 Å². The van der Waals surface area contributed by atoms with Gasteiger partial charge in [0.1, 0.15) is 10.0 Å². The lowest BCUT2D eigenvalue weighted by Gasteiger charge is -2.23. The molecule has 0 bridgehead atoms. The molecule has 0 saturated carbocycles. The first-order chi connectivity index (χ1) is 10.0. The molecule has 1 aromatic carbocycles. The number of aryl methyl sites for hydroxylation is 1. The number of hydrogen-bond donors (Lipinski definition) is 1. The van der Waals surface area contributed by atoms with Gasteiger partial charge in [0, 0.05) is 11.5 Å². The molecule has 0 spiro atoms. The number of nitrogens with one attached hydrogen (secondary N) is 1. The minimum Gasteiger partial charge on any atom is -0.306 e. The van der Waals surface area contributed by atoms with Crippen LogP contribution in [0, 0.1) is 0 Å². The number of hydrogen-bond acceptors (Lipinski definition) is 4. The molecule has 3 rings (SSSR count). The summed E-state index contributed by atoms with van der Waals surface area (Å²) in [6.45, 7) is 7.32. The summed E-state index contributed by atoms with van der Waals surface area (Å²) in [4.78, 5) is 0. The highest BCUT2D eigenvalue weighted by Crippen LogP contribution is 2.37. The molecule has 4 heteroatoms. The maximum absolute atomic E-state index is 4.47.